The van der Waals surface area contributed by atoms with Crippen molar-refractivity contribution in [3.63, 3.8) is 0 Å². The van der Waals surface area contributed by atoms with Gasteiger partial charge in [-0.15, -0.1) is 0 Å². The van der Waals surface area contributed by atoms with Crippen molar-refractivity contribution in [1.82, 2.24) is 5.43 Å². The normalized spacial score (nSPS) is 11.1. The number of aliphatic imine (C=N–C) groups is 1. The Balaban J connectivity index is 0. The Labute approximate surface area is 57.4 Å². The Hall–Kier alpha value is -0.460. The Morgan fingerprint density at radius 2 is 2.20 bits per heavy atom. The Bertz CT molecular complexity index is 141. The highest BCUT2D eigenvalue weighted by atomic mass is 31.2. The van der Waals surface area contributed by atoms with Gasteiger partial charge in [0.1, 0.15) is 6.29 Å². The quantitative estimate of drug-likeness (QED) is 0.125. The van der Waals surface area contributed by atoms with E-state index in [9.17, 15) is 4.57 Å². The van der Waals surface area contributed by atoms with E-state index in [1.807, 2.05) is 5.43 Å². The molecule has 0 rings (SSSR count). The standard InChI is InChI=1S/C2H8N3O3P.H2O/c3-5-1-4-2-9(6,7)8;/h1H,2-3H2,(H,4,5)(H2,6,7,8);1H2. The summed E-state index contributed by atoms with van der Waals surface area (Å²) in [5.41, 5.74) is 2.01. The molecule has 0 fully saturated rings. The Kier molecular flexibility index (Phi) is 6.53. The zero-order valence-electron chi connectivity index (χ0n) is 5.06. The molecule has 0 spiro atoms. The highest BCUT2D eigenvalue weighted by molar-refractivity contribution is 7.51. The van der Waals surface area contributed by atoms with Crippen LogP contribution < -0.4 is 11.3 Å². The Morgan fingerprint density at radius 1 is 1.70 bits per heavy atom. The molecule has 0 radical (unpaired) electrons. The zero-order chi connectivity index (χ0) is 7.33. The first-order chi connectivity index (χ1) is 4.06. The largest absolute Gasteiger partial charge is 0.412 e. The summed E-state index contributed by atoms with van der Waals surface area (Å²) in [5.74, 6) is 4.71. The summed E-state index contributed by atoms with van der Waals surface area (Å²) in [5, 5.41) is 0. The fourth-order valence-corrected chi connectivity index (χ4v) is 0.494. The molecule has 0 aromatic heterocycles. The van der Waals surface area contributed by atoms with Crippen LogP contribution in [0.3, 0.4) is 0 Å². The van der Waals surface area contributed by atoms with Crippen LogP contribution in [0.2, 0.25) is 0 Å². The van der Waals surface area contributed by atoms with E-state index in [1.165, 1.54) is 0 Å². The topological polar surface area (TPSA) is 139 Å². The van der Waals surface area contributed by atoms with E-state index in [1.54, 1.807) is 0 Å². The molecule has 7 N–H and O–H groups in total. The number of hydrogen-bond donors (Lipinski definition) is 4. The summed E-state index contributed by atoms with van der Waals surface area (Å²) in [4.78, 5) is 19.6. The molecule has 8 heteroatoms. The molecule has 62 valence electrons. The highest BCUT2D eigenvalue weighted by Crippen LogP contribution is 2.33. The van der Waals surface area contributed by atoms with Crippen molar-refractivity contribution in [2.75, 3.05) is 6.29 Å². The lowest BCUT2D eigenvalue weighted by atomic mass is 11.2. The molecule has 0 heterocycles. The molecule has 0 saturated carbocycles. The maximum Gasteiger partial charge on any atom is 0.346 e. The van der Waals surface area contributed by atoms with E-state index in [4.69, 9.17) is 15.6 Å². The average Bonchev–Trinajstić information content (AvgIpc) is 1.63. The summed E-state index contributed by atoms with van der Waals surface area (Å²) in [6.45, 7) is 0. The molecule has 0 aliphatic heterocycles. The number of nitrogens with zero attached hydrogens (tertiary/aromatic N) is 1. The minimum absolute atomic E-state index is 0. The van der Waals surface area contributed by atoms with Gasteiger partial charge in [0.25, 0.3) is 0 Å². The van der Waals surface area contributed by atoms with Gasteiger partial charge in [-0.1, -0.05) is 0 Å². The van der Waals surface area contributed by atoms with Gasteiger partial charge in [0, 0.05) is 0 Å². The van der Waals surface area contributed by atoms with E-state index < -0.39 is 13.9 Å². The van der Waals surface area contributed by atoms with Gasteiger partial charge in [-0.05, 0) is 0 Å². The smallest absolute Gasteiger partial charge is 0.346 e. The summed E-state index contributed by atoms with van der Waals surface area (Å²) >= 11 is 0. The van der Waals surface area contributed by atoms with Crippen LogP contribution in [0.15, 0.2) is 4.99 Å². The second-order valence-electron chi connectivity index (χ2n) is 1.28. The van der Waals surface area contributed by atoms with Crippen molar-refractivity contribution in [2.24, 2.45) is 10.8 Å². The molecular weight excluding hydrogens is 161 g/mol. The minimum Gasteiger partial charge on any atom is -0.412 e. The summed E-state index contributed by atoms with van der Waals surface area (Å²) < 4.78 is 10.0. The first-order valence-electron chi connectivity index (χ1n) is 2.05. The van der Waals surface area contributed by atoms with Crippen LogP contribution in [0.1, 0.15) is 0 Å². The van der Waals surface area contributed by atoms with Gasteiger partial charge in [0.15, 0.2) is 0 Å². The van der Waals surface area contributed by atoms with Gasteiger partial charge in [0.2, 0.25) is 0 Å². The third-order valence-electron chi connectivity index (χ3n) is 0.432. The molecule has 0 aliphatic carbocycles. The van der Waals surface area contributed by atoms with Gasteiger partial charge >= 0.3 is 7.60 Å². The second-order valence-corrected chi connectivity index (χ2v) is 2.90. The number of nitrogens with two attached hydrogens (primary N) is 1. The lowest BCUT2D eigenvalue weighted by Crippen LogP contribution is -2.19. The molecule has 0 aliphatic rings. The van der Waals surface area contributed by atoms with E-state index >= 15 is 0 Å². The summed E-state index contributed by atoms with van der Waals surface area (Å²) in [6, 6.07) is 0. The fourth-order valence-electron chi connectivity index (χ4n) is 0.200. The van der Waals surface area contributed by atoms with Crippen LogP contribution in [0.5, 0.6) is 0 Å². The first-order valence-corrected chi connectivity index (χ1v) is 3.85. The average molecular weight is 171 g/mol. The third-order valence-corrected chi connectivity index (χ3v) is 0.963. The molecule has 0 aromatic rings. The maximum atomic E-state index is 10.0. The maximum absolute atomic E-state index is 10.0. The van der Waals surface area contributed by atoms with Gasteiger partial charge in [-0.3, -0.25) is 9.56 Å². The van der Waals surface area contributed by atoms with Gasteiger partial charge < -0.3 is 20.7 Å². The number of hydrogen-bond acceptors (Lipinski definition) is 3. The predicted octanol–water partition coefficient (Wildman–Crippen LogP) is -2.21. The highest BCUT2D eigenvalue weighted by Gasteiger charge is 2.09. The monoisotopic (exact) mass is 171 g/mol. The van der Waals surface area contributed by atoms with Crippen LogP contribution in [-0.4, -0.2) is 27.9 Å². The van der Waals surface area contributed by atoms with Crippen molar-refractivity contribution in [1.29, 1.82) is 0 Å². The van der Waals surface area contributed by atoms with E-state index in [0.29, 0.717) is 0 Å². The fraction of sp³-hybridized carbons (Fsp3) is 0.500. The zero-order valence-corrected chi connectivity index (χ0v) is 5.95. The molecule has 0 bridgehead atoms. The van der Waals surface area contributed by atoms with Crippen LogP contribution in [0.4, 0.5) is 0 Å². The SMILES string of the molecule is NNC=NCP(=O)(O)O.O. The van der Waals surface area contributed by atoms with E-state index in [-0.39, 0.29) is 5.48 Å². The van der Waals surface area contributed by atoms with Crippen molar-refractivity contribution in [3.8, 4) is 0 Å². The van der Waals surface area contributed by atoms with Crippen molar-refractivity contribution in [2.45, 2.75) is 0 Å². The second kappa shape index (κ2) is 5.33. The summed E-state index contributed by atoms with van der Waals surface area (Å²) in [6.07, 6.45) is 0.482. The van der Waals surface area contributed by atoms with E-state index in [0.717, 1.165) is 6.34 Å². The molecule has 10 heavy (non-hydrogen) atoms. The first kappa shape index (κ1) is 12.2. The van der Waals surface area contributed by atoms with Crippen LogP contribution in [0.25, 0.3) is 0 Å². The molecule has 0 atom stereocenters. The van der Waals surface area contributed by atoms with Crippen LogP contribution in [0, 0.1) is 0 Å². The van der Waals surface area contributed by atoms with Crippen LogP contribution in [-0.2, 0) is 4.57 Å². The molecule has 0 aromatic carbocycles. The molecule has 0 amide bonds. The predicted molar refractivity (Wildman–Crippen MR) is 36.3 cm³/mol. The molecule has 0 saturated heterocycles. The lowest BCUT2D eigenvalue weighted by Gasteiger charge is -1.95. The third kappa shape index (κ3) is 10.5. The van der Waals surface area contributed by atoms with Crippen LogP contribution >= 0.6 is 7.60 Å². The molecule has 0 unspecified atom stereocenters. The lowest BCUT2D eigenvalue weighted by molar-refractivity contribution is 0.374. The van der Waals surface area contributed by atoms with Crippen molar-refractivity contribution >= 4 is 13.9 Å². The number of hydrazine groups is 1. The number of nitrogens with one attached hydrogen (secondary N) is 1. The van der Waals surface area contributed by atoms with Crippen molar-refractivity contribution < 1.29 is 19.8 Å². The van der Waals surface area contributed by atoms with Crippen molar-refractivity contribution in [3.05, 3.63) is 0 Å². The van der Waals surface area contributed by atoms with Gasteiger partial charge in [-0.2, -0.15) is 0 Å². The number of rotatable bonds is 3. The molecule has 7 nitrogen and oxygen atoms in total. The van der Waals surface area contributed by atoms with E-state index in [2.05, 4.69) is 4.99 Å². The molecular formula is C2H10N3O4P. The Morgan fingerprint density at radius 3 is 2.50 bits per heavy atom. The van der Waals surface area contributed by atoms with Gasteiger partial charge in [-0.25, -0.2) is 5.84 Å². The van der Waals surface area contributed by atoms with Gasteiger partial charge in [0.05, 0.1) is 6.34 Å². The summed E-state index contributed by atoms with van der Waals surface area (Å²) in [7, 11) is -3.99. The minimum atomic E-state index is -3.99.